The third-order valence-corrected chi connectivity index (χ3v) is 5.99. The molecule has 1 heterocycles. The first-order valence-electron chi connectivity index (χ1n) is 12.0. The largest absolute Gasteiger partial charge is 0.490 e. The quantitative estimate of drug-likeness (QED) is 0.409. The van der Waals surface area contributed by atoms with Crippen LogP contribution in [0.25, 0.3) is 6.08 Å². The maximum Gasteiger partial charge on any atom is 0.244 e. The molecule has 0 atom stereocenters. The normalized spacial score (nSPS) is 17.1. The van der Waals surface area contributed by atoms with Gasteiger partial charge >= 0.3 is 0 Å². The number of piperidine rings is 1. The van der Waals surface area contributed by atoms with E-state index in [1.54, 1.807) is 6.08 Å². The van der Waals surface area contributed by atoms with Crippen LogP contribution in [-0.4, -0.2) is 55.8 Å². The van der Waals surface area contributed by atoms with Gasteiger partial charge in [0.15, 0.2) is 11.5 Å². The van der Waals surface area contributed by atoms with Crippen molar-refractivity contribution in [3.05, 3.63) is 60.2 Å². The molecule has 4 rings (SSSR count). The molecule has 0 spiro atoms. The van der Waals surface area contributed by atoms with Crippen molar-refractivity contribution in [3.8, 4) is 17.2 Å². The van der Waals surface area contributed by atoms with Gasteiger partial charge in [-0.1, -0.05) is 24.3 Å². The third kappa shape index (κ3) is 7.26. The molecule has 1 saturated carbocycles. The van der Waals surface area contributed by atoms with Gasteiger partial charge < -0.3 is 24.4 Å². The van der Waals surface area contributed by atoms with Crippen LogP contribution in [0.3, 0.4) is 0 Å². The van der Waals surface area contributed by atoms with Crippen molar-refractivity contribution in [1.29, 1.82) is 0 Å². The fraction of sp³-hybridized carbons (Fsp3) is 0.444. The Bertz CT molecular complexity index is 919. The zero-order valence-electron chi connectivity index (χ0n) is 19.4. The minimum Gasteiger partial charge on any atom is -0.490 e. The zero-order chi connectivity index (χ0) is 22.9. The summed E-state index contributed by atoms with van der Waals surface area (Å²) in [6.07, 6.45) is 8.17. The summed E-state index contributed by atoms with van der Waals surface area (Å²) in [6, 6.07) is 16.4. The summed E-state index contributed by atoms with van der Waals surface area (Å²) in [5.74, 6) is 2.10. The van der Waals surface area contributed by atoms with E-state index in [1.807, 2.05) is 61.5 Å². The van der Waals surface area contributed by atoms with E-state index in [2.05, 4.69) is 10.2 Å². The molecule has 1 aliphatic carbocycles. The van der Waals surface area contributed by atoms with Crippen molar-refractivity contribution in [2.45, 2.75) is 44.7 Å². The fourth-order valence-corrected chi connectivity index (χ4v) is 4.11. The topological polar surface area (TPSA) is 60.0 Å². The van der Waals surface area contributed by atoms with E-state index in [-0.39, 0.29) is 11.9 Å². The number of nitrogens with one attached hydrogen (secondary N) is 1. The SMILES string of the molecule is CCOc1cc(/C=C/C(=O)NC2CCN(C3CC3)CC2)ccc1OCCOc1ccccc1. The number of hydrogen-bond donors (Lipinski definition) is 1. The lowest BCUT2D eigenvalue weighted by molar-refractivity contribution is -0.117. The van der Waals surface area contributed by atoms with E-state index in [1.165, 1.54) is 12.8 Å². The maximum atomic E-state index is 12.4. The summed E-state index contributed by atoms with van der Waals surface area (Å²) >= 11 is 0. The van der Waals surface area contributed by atoms with Crippen LogP contribution in [0, 0.1) is 0 Å². The Morgan fingerprint density at radius 1 is 0.970 bits per heavy atom. The summed E-state index contributed by atoms with van der Waals surface area (Å²) in [6.45, 7) is 5.50. The van der Waals surface area contributed by atoms with Crippen molar-refractivity contribution >= 4 is 12.0 Å². The predicted molar refractivity (Wildman–Crippen MR) is 130 cm³/mol. The van der Waals surface area contributed by atoms with Gasteiger partial charge in [-0.05, 0) is 68.5 Å². The summed E-state index contributed by atoms with van der Waals surface area (Å²) < 4.78 is 17.3. The predicted octanol–water partition coefficient (Wildman–Crippen LogP) is 4.30. The molecule has 2 fully saturated rings. The van der Waals surface area contributed by atoms with Crippen LogP contribution in [0.15, 0.2) is 54.6 Å². The Hall–Kier alpha value is -2.99. The molecule has 1 N–H and O–H groups in total. The molecule has 2 aromatic carbocycles. The van der Waals surface area contributed by atoms with E-state index in [4.69, 9.17) is 14.2 Å². The van der Waals surface area contributed by atoms with Crippen molar-refractivity contribution in [1.82, 2.24) is 10.2 Å². The average Bonchev–Trinajstić information content (AvgIpc) is 3.68. The van der Waals surface area contributed by atoms with Gasteiger partial charge in [-0.15, -0.1) is 0 Å². The highest BCUT2D eigenvalue weighted by molar-refractivity contribution is 5.92. The molecular formula is C27H34N2O4. The molecule has 2 aromatic rings. The van der Waals surface area contributed by atoms with Crippen molar-refractivity contribution in [2.24, 2.45) is 0 Å². The molecule has 1 aliphatic heterocycles. The van der Waals surface area contributed by atoms with Gasteiger partial charge in [-0.3, -0.25) is 4.79 Å². The summed E-state index contributed by atoms with van der Waals surface area (Å²) in [7, 11) is 0. The van der Waals surface area contributed by atoms with Crippen LogP contribution in [0.5, 0.6) is 17.2 Å². The Morgan fingerprint density at radius 2 is 1.73 bits per heavy atom. The highest BCUT2D eigenvalue weighted by atomic mass is 16.5. The lowest BCUT2D eigenvalue weighted by Gasteiger charge is -2.32. The number of hydrogen-bond acceptors (Lipinski definition) is 5. The molecule has 6 nitrogen and oxygen atoms in total. The van der Waals surface area contributed by atoms with Gasteiger partial charge in [-0.2, -0.15) is 0 Å². The first-order chi connectivity index (χ1) is 16.2. The molecule has 0 unspecified atom stereocenters. The smallest absolute Gasteiger partial charge is 0.244 e. The lowest BCUT2D eigenvalue weighted by atomic mass is 10.0. The van der Waals surface area contributed by atoms with Crippen molar-refractivity contribution in [2.75, 3.05) is 32.9 Å². The van der Waals surface area contributed by atoms with E-state index in [9.17, 15) is 4.79 Å². The molecule has 176 valence electrons. The van der Waals surface area contributed by atoms with E-state index in [0.717, 1.165) is 43.3 Å². The number of para-hydroxylation sites is 1. The van der Waals surface area contributed by atoms with Crippen molar-refractivity contribution < 1.29 is 19.0 Å². The average molecular weight is 451 g/mol. The number of rotatable bonds is 11. The standard InChI is InChI=1S/C27H34N2O4/c1-2-31-26-20-21(8-12-25(26)33-19-18-32-24-6-4-3-5-7-24)9-13-27(30)28-22-14-16-29(17-15-22)23-10-11-23/h3-9,12-13,20,22-23H,2,10-11,14-19H2,1H3,(H,28,30)/b13-9+. The van der Waals surface area contributed by atoms with Crippen LogP contribution in [0.4, 0.5) is 0 Å². The van der Waals surface area contributed by atoms with Gasteiger partial charge in [-0.25, -0.2) is 0 Å². The number of ether oxygens (including phenoxy) is 3. The fourth-order valence-electron chi connectivity index (χ4n) is 4.11. The summed E-state index contributed by atoms with van der Waals surface area (Å²) in [4.78, 5) is 15.0. The first-order valence-corrected chi connectivity index (χ1v) is 12.0. The molecule has 0 radical (unpaired) electrons. The van der Waals surface area contributed by atoms with Crippen LogP contribution in [0.2, 0.25) is 0 Å². The van der Waals surface area contributed by atoms with E-state index >= 15 is 0 Å². The Morgan fingerprint density at radius 3 is 2.45 bits per heavy atom. The third-order valence-electron chi connectivity index (χ3n) is 5.99. The lowest BCUT2D eigenvalue weighted by Crippen LogP contribution is -2.44. The molecule has 33 heavy (non-hydrogen) atoms. The minimum atomic E-state index is -0.0452. The van der Waals surface area contributed by atoms with Crippen LogP contribution < -0.4 is 19.5 Å². The maximum absolute atomic E-state index is 12.4. The first kappa shape index (κ1) is 23.2. The molecule has 0 bridgehead atoms. The Labute approximate surface area is 196 Å². The van der Waals surface area contributed by atoms with E-state index < -0.39 is 0 Å². The van der Waals surface area contributed by atoms with Crippen LogP contribution >= 0.6 is 0 Å². The molecule has 1 saturated heterocycles. The monoisotopic (exact) mass is 450 g/mol. The van der Waals surface area contributed by atoms with E-state index in [0.29, 0.717) is 31.3 Å². The highest BCUT2D eigenvalue weighted by Gasteiger charge is 2.31. The zero-order valence-corrected chi connectivity index (χ0v) is 19.4. The molecular weight excluding hydrogens is 416 g/mol. The van der Waals surface area contributed by atoms with Gasteiger partial charge in [0, 0.05) is 31.2 Å². The minimum absolute atomic E-state index is 0.0452. The van der Waals surface area contributed by atoms with Gasteiger partial charge in [0.25, 0.3) is 0 Å². The number of carbonyl (C=O) groups is 1. The molecule has 2 aliphatic rings. The van der Waals surface area contributed by atoms with Crippen LogP contribution in [-0.2, 0) is 4.79 Å². The second-order valence-corrected chi connectivity index (χ2v) is 8.53. The Balaban J connectivity index is 1.25. The summed E-state index contributed by atoms with van der Waals surface area (Å²) in [5, 5.41) is 3.15. The summed E-state index contributed by atoms with van der Waals surface area (Å²) in [5.41, 5.74) is 0.894. The number of benzene rings is 2. The second-order valence-electron chi connectivity index (χ2n) is 8.53. The Kier molecular flexibility index (Phi) is 8.25. The van der Waals surface area contributed by atoms with Crippen molar-refractivity contribution in [3.63, 3.8) is 0 Å². The van der Waals surface area contributed by atoms with Gasteiger partial charge in [0.05, 0.1) is 6.61 Å². The van der Waals surface area contributed by atoms with Gasteiger partial charge in [0.1, 0.15) is 19.0 Å². The number of carbonyl (C=O) groups excluding carboxylic acids is 1. The molecule has 1 amide bonds. The number of amides is 1. The molecule has 0 aromatic heterocycles. The van der Waals surface area contributed by atoms with Crippen LogP contribution in [0.1, 0.15) is 38.2 Å². The second kappa shape index (κ2) is 11.8. The van der Waals surface area contributed by atoms with Gasteiger partial charge in [0.2, 0.25) is 5.91 Å². The highest BCUT2D eigenvalue weighted by Crippen LogP contribution is 2.30. The number of nitrogens with zero attached hydrogens (tertiary/aromatic N) is 1. The number of likely N-dealkylation sites (tertiary alicyclic amines) is 1. The molecule has 6 heteroatoms.